The molecule has 3 N–H and O–H groups in total. The highest BCUT2D eigenvalue weighted by molar-refractivity contribution is 6.30. The molecule has 1 amide bonds. The molecular formula is C27H41ClFN5O. The van der Waals surface area contributed by atoms with E-state index in [1.807, 2.05) is 10.8 Å². The molecule has 0 aliphatic heterocycles. The molecule has 8 heteroatoms. The molecule has 3 rings (SSSR count). The van der Waals surface area contributed by atoms with Crippen LogP contribution in [0.1, 0.15) is 71.9 Å². The first-order valence-corrected chi connectivity index (χ1v) is 13.0. The van der Waals surface area contributed by atoms with Gasteiger partial charge in [-0.3, -0.25) is 4.79 Å². The molecule has 0 bridgehead atoms. The number of nitrogens with one attached hydrogen (secondary N) is 3. The zero-order chi connectivity index (χ0) is 25.8. The second-order valence-corrected chi connectivity index (χ2v) is 12.0. The van der Waals surface area contributed by atoms with Crippen molar-refractivity contribution in [2.45, 2.75) is 91.3 Å². The molecule has 0 fully saturated rings. The maximum absolute atomic E-state index is 13.8. The minimum absolute atomic E-state index is 0.0799. The van der Waals surface area contributed by atoms with Crippen molar-refractivity contribution in [3.8, 4) is 0 Å². The molecule has 1 heterocycles. The first kappa shape index (κ1) is 27.6. The van der Waals surface area contributed by atoms with E-state index in [1.54, 1.807) is 18.5 Å². The largest absolute Gasteiger partial charge is 0.328 e. The normalized spacial score (nSPS) is 17.2. The number of carbonyl (C=O) groups is 1. The fourth-order valence-corrected chi connectivity index (χ4v) is 4.71. The van der Waals surface area contributed by atoms with Gasteiger partial charge in [0.25, 0.3) is 0 Å². The molecular weight excluding hydrogens is 465 g/mol. The van der Waals surface area contributed by atoms with Crippen LogP contribution in [0.3, 0.4) is 0 Å². The molecule has 1 aliphatic rings. The van der Waals surface area contributed by atoms with Crippen molar-refractivity contribution in [3.05, 3.63) is 46.6 Å². The second-order valence-electron chi connectivity index (χ2n) is 11.6. The molecule has 6 nitrogen and oxygen atoms in total. The van der Waals surface area contributed by atoms with Crippen LogP contribution in [-0.4, -0.2) is 40.6 Å². The smallest absolute Gasteiger partial charge is 0.242 e. The third kappa shape index (κ3) is 7.76. The Kier molecular flexibility index (Phi) is 9.00. The number of aryl methyl sites for hydroxylation is 1. The summed E-state index contributed by atoms with van der Waals surface area (Å²) in [7, 11) is 0. The summed E-state index contributed by atoms with van der Waals surface area (Å²) in [5, 5.41) is 10.2. The molecule has 2 aromatic rings. The molecule has 1 aliphatic carbocycles. The quantitative estimate of drug-likeness (QED) is 0.409. The van der Waals surface area contributed by atoms with Crippen LogP contribution in [0.2, 0.25) is 5.02 Å². The van der Waals surface area contributed by atoms with Crippen molar-refractivity contribution >= 4 is 23.3 Å². The summed E-state index contributed by atoms with van der Waals surface area (Å²) in [4.78, 5) is 17.6. The lowest BCUT2D eigenvalue weighted by atomic mass is 9.87. The van der Waals surface area contributed by atoms with Gasteiger partial charge < -0.3 is 20.5 Å². The summed E-state index contributed by atoms with van der Waals surface area (Å²) in [6, 6.07) is 3.08. The van der Waals surface area contributed by atoms with Gasteiger partial charge in [-0.25, -0.2) is 9.37 Å². The minimum atomic E-state index is -0.368. The van der Waals surface area contributed by atoms with Gasteiger partial charge in [-0.15, -0.1) is 0 Å². The van der Waals surface area contributed by atoms with Gasteiger partial charge in [-0.1, -0.05) is 45.7 Å². The topological polar surface area (TPSA) is 71.0 Å². The van der Waals surface area contributed by atoms with Crippen LogP contribution < -0.4 is 16.0 Å². The van der Waals surface area contributed by atoms with Gasteiger partial charge in [-0.05, 0) is 68.2 Å². The first-order valence-electron chi connectivity index (χ1n) is 12.7. The Labute approximate surface area is 214 Å². The van der Waals surface area contributed by atoms with Crippen molar-refractivity contribution in [1.82, 2.24) is 20.2 Å². The fourth-order valence-electron chi connectivity index (χ4n) is 4.52. The van der Waals surface area contributed by atoms with E-state index in [1.165, 1.54) is 0 Å². The summed E-state index contributed by atoms with van der Waals surface area (Å²) in [5.41, 5.74) is 2.09. The summed E-state index contributed by atoms with van der Waals surface area (Å²) in [5.74, 6) is 0.106. The standard InChI is InChI=1S/C27H41ClFN5O/c1-7-8-23(32-20-10-9-18-13-22(29)21(28)12-19(18)11-20)25(35)33-24-14-34(17-31-24)27(5,6)16-30-15-26(2,3)4/h12-14,17,20,23,30,32H,7-11,15-16H2,1-6H3,(H,33,35). The zero-order valence-corrected chi connectivity index (χ0v) is 22.7. The Morgan fingerprint density at radius 3 is 2.66 bits per heavy atom. The molecule has 1 aromatic carbocycles. The highest BCUT2D eigenvalue weighted by Crippen LogP contribution is 2.27. The highest BCUT2D eigenvalue weighted by Gasteiger charge is 2.27. The Hall–Kier alpha value is -1.96. The summed E-state index contributed by atoms with van der Waals surface area (Å²) >= 11 is 6.00. The van der Waals surface area contributed by atoms with E-state index in [-0.39, 0.29) is 39.8 Å². The van der Waals surface area contributed by atoms with Crippen LogP contribution in [-0.2, 0) is 23.2 Å². The predicted octanol–water partition coefficient (Wildman–Crippen LogP) is 5.30. The Bertz CT molecular complexity index is 1010. The Morgan fingerprint density at radius 1 is 1.23 bits per heavy atom. The maximum Gasteiger partial charge on any atom is 0.242 e. The molecule has 0 spiro atoms. The predicted molar refractivity (Wildman–Crippen MR) is 142 cm³/mol. The highest BCUT2D eigenvalue weighted by atomic mass is 35.5. The van der Waals surface area contributed by atoms with E-state index in [2.05, 4.69) is 62.5 Å². The van der Waals surface area contributed by atoms with Gasteiger partial charge in [0.05, 0.1) is 22.9 Å². The average Bonchev–Trinajstić information content (AvgIpc) is 3.23. The summed E-state index contributed by atoms with van der Waals surface area (Å²) in [6.07, 6.45) is 7.63. The number of rotatable bonds is 10. The number of aromatic nitrogens is 2. The van der Waals surface area contributed by atoms with E-state index >= 15 is 0 Å². The maximum atomic E-state index is 13.8. The van der Waals surface area contributed by atoms with Crippen molar-refractivity contribution < 1.29 is 9.18 Å². The molecule has 1 aromatic heterocycles. The van der Waals surface area contributed by atoms with E-state index in [4.69, 9.17) is 11.6 Å². The lowest BCUT2D eigenvalue weighted by Crippen LogP contribution is -2.47. The van der Waals surface area contributed by atoms with E-state index in [9.17, 15) is 9.18 Å². The first-order chi connectivity index (χ1) is 16.4. The third-order valence-electron chi connectivity index (χ3n) is 6.55. The van der Waals surface area contributed by atoms with E-state index in [0.717, 1.165) is 56.3 Å². The van der Waals surface area contributed by atoms with Gasteiger partial charge in [-0.2, -0.15) is 0 Å². The number of anilines is 1. The molecule has 35 heavy (non-hydrogen) atoms. The molecule has 2 unspecified atom stereocenters. The lowest BCUT2D eigenvalue weighted by molar-refractivity contribution is -0.118. The van der Waals surface area contributed by atoms with Crippen molar-refractivity contribution in [3.63, 3.8) is 0 Å². The number of imidazole rings is 1. The Morgan fingerprint density at radius 2 is 1.97 bits per heavy atom. The minimum Gasteiger partial charge on any atom is -0.328 e. The SMILES string of the molecule is CCCC(NC1CCc2cc(F)c(Cl)cc2C1)C(=O)Nc1cn(C(C)(C)CNCC(C)(C)C)cn1. The Balaban J connectivity index is 1.60. The van der Waals surface area contributed by atoms with Crippen molar-refractivity contribution in [2.24, 2.45) is 5.41 Å². The van der Waals surface area contributed by atoms with Gasteiger partial charge in [0.2, 0.25) is 5.91 Å². The van der Waals surface area contributed by atoms with Gasteiger partial charge in [0.15, 0.2) is 5.82 Å². The van der Waals surface area contributed by atoms with Crippen molar-refractivity contribution in [1.29, 1.82) is 0 Å². The van der Waals surface area contributed by atoms with Gasteiger partial charge in [0.1, 0.15) is 5.82 Å². The zero-order valence-electron chi connectivity index (χ0n) is 22.0. The van der Waals surface area contributed by atoms with Crippen LogP contribution >= 0.6 is 11.6 Å². The molecule has 0 saturated carbocycles. The van der Waals surface area contributed by atoms with Crippen LogP contribution in [0, 0.1) is 11.2 Å². The van der Waals surface area contributed by atoms with E-state index < -0.39 is 0 Å². The molecule has 2 atom stereocenters. The number of halogens is 2. The monoisotopic (exact) mass is 505 g/mol. The number of hydrogen-bond acceptors (Lipinski definition) is 4. The number of hydrogen-bond donors (Lipinski definition) is 3. The van der Waals surface area contributed by atoms with Crippen LogP contribution in [0.5, 0.6) is 0 Å². The van der Waals surface area contributed by atoms with Crippen molar-refractivity contribution in [2.75, 3.05) is 18.4 Å². The number of amides is 1. The van der Waals surface area contributed by atoms with E-state index in [0.29, 0.717) is 5.82 Å². The summed E-state index contributed by atoms with van der Waals surface area (Å²) < 4.78 is 15.8. The molecule has 0 radical (unpaired) electrons. The molecule has 0 saturated heterocycles. The number of carbonyl (C=O) groups excluding carboxylic acids is 1. The third-order valence-corrected chi connectivity index (χ3v) is 6.84. The fraction of sp³-hybridized carbons (Fsp3) is 0.630. The number of benzene rings is 1. The number of nitrogens with zero attached hydrogens (tertiary/aromatic N) is 2. The van der Waals surface area contributed by atoms with Gasteiger partial charge >= 0.3 is 0 Å². The average molecular weight is 506 g/mol. The van der Waals surface area contributed by atoms with Crippen LogP contribution in [0.4, 0.5) is 10.2 Å². The lowest BCUT2D eigenvalue weighted by Gasteiger charge is -2.29. The van der Waals surface area contributed by atoms with Crippen LogP contribution in [0.15, 0.2) is 24.7 Å². The van der Waals surface area contributed by atoms with Gasteiger partial charge in [0, 0.05) is 25.3 Å². The number of fused-ring (bicyclic) bond motifs is 1. The second kappa shape index (κ2) is 11.4. The van der Waals surface area contributed by atoms with Crippen LogP contribution in [0.25, 0.3) is 0 Å². The molecule has 194 valence electrons. The summed E-state index contributed by atoms with van der Waals surface area (Å²) in [6.45, 7) is 14.7.